The van der Waals surface area contributed by atoms with E-state index < -0.39 is 0 Å². The number of aryl methyl sites for hydroxylation is 1. The van der Waals surface area contributed by atoms with Gasteiger partial charge in [-0.1, -0.05) is 12.1 Å². The zero-order valence-electron chi connectivity index (χ0n) is 15.4. The van der Waals surface area contributed by atoms with Gasteiger partial charge in [-0.25, -0.2) is 0 Å². The Labute approximate surface area is 171 Å². The predicted octanol–water partition coefficient (Wildman–Crippen LogP) is 3.43. The second-order valence-electron chi connectivity index (χ2n) is 6.25. The van der Waals surface area contributed by atoms with Crippen LogP contribution >= 0.6 is 23.6 Å². The van der Waals surface area contributed by atoms with Gasteiger partial charge < -0.3 is 15.2 Å². The maximum Gasteiger partial charge on any atom is 0.251 e. The van der Waals surface area contributed by atoms with Gasteiger partial charge in [0.1, 0.15) is 0 Å². The van der Waals surface area contributed by atoms with Gasteiger partial charge in [-0.05, 0) is 54.7 Å². The predicted molar refractivity (Wildman–Crippen MR) is 112 cm³/mol. The third kappa shape index (κ3) is 5.37. The van der Waals surface area contributed by atoms with Gasteiger partial charge in [0, 0.05) is 29.6 Å². The molecule has 146 valence electrons. The summed E-state index contributed by atoms with van der Waals surface area (Å²) in [5.74, 6) is 0.326. The lowest BCUT2D eigenvalue weighted by atomic mass is 10.1. The number of carbonyl (C=O) groups is 2. The molecule has 0 spiro atoms. The summed E-state index contributed by atoms with van der Waals surface area (Å²) in [5, 5.41) is 14.4. The number of carbonyl (C=O) groups excluding carboxylic acids is 2. The van der Waals surface area contributed by atoms with Crippen LogP contribution in [0.25, 0.3) is 0 Å². The SMILES string of the molecule is Cn1c(CNC(=O)c2cccc(NC(=O)CCCc3cccs3)c2)n[nH]c1=S. The quantitative estimate of drug-likeness (QED) is 0.492. The van der Waals surface area contributed by atoms with Gasteiger partial charge in [-0.3, -0.25) is 14.7 Å². The molecule has 0 fully saturated rings. The van der Waals surface area contributed by atoms with Crippen molar-refractivity contribution in [2.24, 2.45) is 7.05 Å². The minimum atomic E-state index is -0.247. The third-order valence-corrected chi connectivity index (χ3v) is 5.50. The van der Waals surface area contributed by atoms with Crippen molar-refractivity contribution in [2.45, 2.75) is 25.8 Å². The molecular formula is C19H21N5O2S2. The molecule has 0 saturated carbocycles. The molecule has 3 rings (SSSR count). The zero-order valence-corrected chi connectivity index (χ0v) is 17.0. The molecule has 0 aliphatic carbocycles. The van der Waals surface area contributed by atoms with E-state index in [9.17, 15) is 9.59 Å². The highest BCUT2D eigenvalue weighted by molar-refractivity contribution is 7.71. The monoisotopic (exact) mass is 415 g/mol. The molecule has 3 N–H and O–H groups in total. The van der Waals surface area contributed by atoms with Gasteiger partial charge in [-0.15, -0.1) is 11.3 Å². The van der Waals surface area contributed by atoms with E-state index >= 15 is 0 Å². The van der Waals surface area contributed by atoms with Crippen LogP contribution in [0.4, 0.5) is 5.69 Å². The van der Waals surface area contributed by atoms with E-state index in [1.165, 1.54) is 4.88 Å². The molecule has 0 atom stereocenters. The van der Waals surface area contributed by atoms with Gasteiger partial charge in [0.25, 0.3) is 5.91 Å². The highest BCUT2D eigenvalue weighted by Crippen LogP contribution is 2.14. The van der Waals surface area contributed by atoms with Crippen molar-refractivity contribution < 1.29 is 9.59 Å². The summed E-state index contributed by atoms with van der Waals surface area (Å²) in [6.45, 7) is 0.252. The number of nitrogens with zero attached hydrogens (tertiary/aromatic N) is 2. The molecule has 0 radical (unpaired) electrons. The van der Waals surface area contributed by atoms with Crippen LogP contribution in [0.3, 0.4) is 0 Å². The molecule has 3 aromatic rings. The lowest BCUT2D eigenvalue weighted by Crippen LogP contribution is -2.24. The van der Waals surface area contributed by atoms with Crippen molar-refractivity contribution in [2.75, 3.05) is 5.32 Å². The zero-order chi connectivity index (χ0) is 19.9. The van der Waals surface area contributed by atoms with E-state index in [-0.39, 0.29) is 18.4 Å². The highest BCUT2D eigenvalue weighted by atomic mass is 32.1. The fourth-order valence-corrected chi connectivity index (χ4v) is 3.54. The third-order valence-electron chi connectivity index (χ3n) is 4.20. The van der Waals surface area contributed by atoms with E-state index in [1.54, 1.807) is 47.2 Å². The second kappa shape index (κ2) is 9.43. The van der Waals surface area contributed by atoms with Crippen LogP contribution in [0.5, 0.6) is 0 Å². The Hall–Kier alpha value is -2.78. The van der Waals surface area contributed by atoms with Crippen molar-refractivity contribution >= 4 is 41.1 Å². The molecule has 1 aromatic carbocycles. The molecule has 28 heavy (non-hydrogen) atoms. The summed E-state index contributed by atoms with van der Waals surface area (Å²) in [4.78, 5) is 25.8. The number of hydrogen-bond donors (Lipinski definition) is 3. The molecule has 0 aliphatic rings. The molecule has 2 heterocycles. The summed E-state index contributed by atoms with van der Waals surface area (Å²) >= 11 is 6.75. The minimum Gasteiger partial charge on any atom is -0.345 e. The summed E-state index contributed by atoms with van der Waals surface area (Å²) in [6.07, 6.45) is 2.12. The standard InChI is InChI=1S/C19H21N5O2S2/c1-24-16(22-23-19(24)27)12-20-18(26)13-5-2-6-14(11-13)21-17(25)9-3-7-15-8-4-10-28-15/h2,4-6,8,10-11H,3,7,9,12H2,1H3,(H,20,26)(H,21,25)(H,23,27). The van der Waals surface area contributed by atoms with E-state index in [0.717, 1.165) is 12.8 Å². The molecule has 9 heteroatoms. The summed E-state index contributed by atoms with van der Waals surface area (Å²) in [6, 6.07) is 11.0. The Morgan fingerprint density at radius 1 is 1.29 bits per heavy atom. The maximum atomic E-state index is 12.4. The summed E-state index contributed by atoms with van der Waals surface area (Å²) < 4.78 is 2.19. The van der Waals surface area contributed by atoms with E-state index in [4.69, 9.17) is 12.2 Å². The lowest BCUT2D eigenvalue weighted by molar-refractivity contribution is -0.116. The fourth-order valence-electron chi connectivity index (χ4n) is 2.64. The van der Waals surface area contributed by atoms with Crippen molar-refractivity contribution in [3.05, 3.63) is 62.8 Å². The number of benzene rings is 1. The summed E-state index contributed by atoms with van der Waals surface area (Å²) in [7, 11) is 1.78. The first-order valence-electron chi connectivity index (χ1n) is 8.83. The van der Waals surface area contributed by atoms with Gasteiger partial charge in [0.05, 0.1) is 6.54 Å². The van der Waals surface area contributed by atoms with E-state index in [1.807, 2.05) is 11.4 Å². The first-order chi connectivity index (χ1) is 13.5. The van der Waals surface area contributed by atoms with Crippen molar-refractivity contribution in [3.8, 4) is 0 Å². The highest BCUT2D eigenvalue weighted by Gasteiger charge is 2.10. The van der Waals surface area contributed by atoms with Crippen LogP contribution < -0.4 is 10.6 Å². The second-order valence-corrected chi connectivity index (χ2v) is 7.67. The van der Waals surface area contributed by atoms with Gasteiger partial charge in [0.2, 0.25) is 5.91 Å². The Morgan fingerprint density at radius 3 is 2.86 bits per heavy atom. The lowest BCUT2D eigenvalue weighted by Gasteiger charge is -2.08. The maximum absolute atomic E-state index is 12.4. The smallest absolute Gasteiger partial charge is 0.251 e. The van der Waals surface area contributed by atoms with Crippen LogP contribution in [0.1, 0.15) is 33.9 Å². The van der Waals surface area contributed by atoms with Crippen LogP contribution in [0, 0.1) is 4.77 Å². The number of H-pyrrole nitrogens is 1. The van der Waals surface area contributed by atoms with Crippen molar-refractivity contribution in [1.29, 1.82) is 0 Å². The van der Waals surface area contributed by atoms with Crippen LogP contribution in [0.2, 0.25) is 0 Å². The minimum absolute atomic E-state index is 0.0596. The number of hydrogen-bond acceptors (Lipinski definition) is 5. The molecule has 0 unspecified atom stereocenters. The van der Waals surface area contributed by atoms with Gasteiger partial charge >= 0.3 is 0 Å². The average molecular weight is 416 g/mol. The van der Waals surface area contributed by atoms with Crippen LogP contribution in [0.15, 0.2) is 41.8 Å². The van der Waals surface area contributed by atoms with Gasteiger partial charge in [0.15, 0.2) is 10.6 Å². The number of amides is 2. The van der Waals surface area contributed by atoms with E-state index in [0.29, 0.717) is 28.3 Å². The molecular weight excluding hydrogens is 394 g/mol. The van der Waals surface area contributed by atoms with Crippen LogP contribution in [-0.4, -0.2) is 26.6 Å². The Kier molecular flexibility index (Phi) is 6.72. The first kappa shape index (κ1) is 20.0. The fraction of sp³-hybridized carbons (Fsp3) is 0.263. The Morgan fingerprint density at radius 2 is 2.14 bits per heavy atom. The number of nitrogens with one attached hydrogen (secondary N) is 3. The number of anilines is 1. The number of thiophene rings is 1. The topological polar surface area (TPSA) is 91.8 Å². The molecule has 7 nitrogen and oxygen atoms in total. The Bertz CT molecular complexity index is 1010. The Balaban J connectivity index is 1.51. The number of aromatic amines is 1. The first-order valence-corrected chi connectivity index (χ1v) is 10.1. The van der Waals surface area contributed by atoms with E-state index in [2.05, 4.69) is 26.9 Å². The molecule has 0 aliphatic heterocycles. The molecule has 0 bridgehead atoms. The van der Waals surface area contributed by atoms with Crippen molar-refractivity contribution in [3.63, 3.8) is 0 Å². The molecule has 2 amide bonds. The van der Waals surface area contributed by atoms with Crippen molar-refractivity contribution in [1.82, 2.24) is 20.1 Å². The summed E-state index contributed by atoms with van der Waals surface area (Å²) in [5.41, 5.74) is 1.07. The molecule has 0 saturated heterocycles. The average Bonchev–Trinajstić information content (AvgIpc) is 3.31. The number of rotatable bonds is 8. The van der Waals surface area contributed by atoms with Gasteiger partial charge in [-0.2, -0.15) is 5.10 Å². The largest absolute Gasteiger partial charge is 0.345 e. The number of aromatic nitrogens is 3. The normalized spacial score (nSPS) is 10.6. The van der Waals surface area contributed by atoms with Crippen LogP contribution in [-0.2, 0) is 24.8 Å². The molecule has 2 aromatic heterocycles.